The molecule has 0 fully saturated rings. The lowest BCUT2D eigenvalue weighted by atomic mass is 10.2. The first-order chi connectivity index (χ1) is 9.24. The summed E-state index contributed by atoms with van der Waals surface area (Å²) in [5.74, 6) is 0.296. The lowest BCUT2D eigenvalue weighted by molar-refractivity contribution is 0.306. The Hall–Kier alpha value is -2.00. The molecule has 1 heterocycles. The van der Waals surface area contributed by atoms with E-state index in [0.717, 1.165) is 10.9 Å². The first-order valence-electron chi connectivity index (χ1n) is 5.77. The third kappa shape index (κ3) is 2.42. The molecule has 2 nitrogen and oxygen atoms in total. The Bertz CT molecular complexity index is 721. The van der Waals surface area contributed by atoms with Gasteiger partial charge < -0.3 is 9.15 Å². The first-order valence-corrected chi connectivity index (χ1v) is 6.15. The van der Waals surface area contributed by atoms with E-state index in [4.69, 9.17) is 20.8 Å². The summed E-state index contributed by atoms with van der Waals surface area (Å²) in [5.41, 5.74) is 1.06. The van der Waals surface area contributed by atoms with Gasteiger partial charge in [0.1, 0.15) is 12.4 Å². The Morgan fingerprint density at radius 3 is 2.84 bits per heavy atom. The van der Waals surface area contributed by atoms with Gasteiger partial charge in [0.05, 0.1) is 6.26 Å². The molecule has 0 radical (unpaired) electrons. The SMILES string of the molecule is Fc1cccc2c(COc3cccc(Cl)c3)coc12. The number of hydrogen-bond donors (Lipinski definition) is 0. The minimum absolute atomic E-state index is 0.257. The van der Waals surface area contributed by atoms with E-state index >= 15 is 0 Å². The van der Waals surface area contributed by atoms with Crippen molar-refractivity contribution in [2.75, 3.05) is 0 Å². The molecule has 3 aromatic rings. The molecular weight excluding hydrogens is 267 g/mol. The van der Waals surface area contributed by atoms with Crippen molar-refractivity contribution in [1.82, 2.24) is 0 Å². The monoisotopic (exact) mass is 276 g/mol. The molecule has 0 saturated heterocycles. The normalized spacial score (nSPS) is 10.8. The van der Waals surface area contributed by atoms with Gasteiger partial charge in [0.2, 0.25) is 0 Å². The maximum absolute atomic E-state index is 13.5. The van der Waals surface area contributed by atoms with Crippen LogP contribution in [0.4, 0.5) is 4.39 Å². The molecule has 0 saturated carbocycles. The molecule has 0 amide bonds. The van der Waals surface area contributed by atoms with Crippen molar-refractivity contribution in [3.63, 3.8) is 0 Å². The fourth-order valence-corrected chi connectivity index (χ4v) is 2.08. The van der Waals surface area contributed by atoms with Gasteiger partial charge in [-0.15, -0.1) is 0 Å². The Balaban J connectivity index is 1.84. The van der Waals surface area contributed by atoms with Gasteiger partial charge in [0, 0.05) is 16.0 Å². The summed E-state index contributed by atoms with van der Waals surface area (Å²) in [5, 5.41) is 1.34. The summed E-state index contributed by atoms with van der Waals surface area (Å²) in [7, 11) is 0. The highest BCUT2D eigenvalue weighted by molar-refractivity contribution is 6.30. The molecule has 0 bridgehead atoms. The molecule has 0 aliphatic carbocycles. The Morgan fingerprint density at radius 1 is 1.16 bits per heavy atom. The molecule has 96 valence electrons. The number of rotatable bonds is 3. The second-order valence-corrected chi connectivity index (χ2v) is 4.56. The van der Waals surface area contributed by atoms with Gasteiger partial charge in [-0.3, -0.25) is 0 Å². The largest absolute Gasteiger partial charge is 0.489 e. The second-order valence-electron chi connectivity index (χ2n) is 4.12. The highest BCUT2D eigenvalue weighted by Gasteiger charge is 2.10. The molecule has 1 aromatic heterocycles. The summed E-state index contributed by atoms with van der Waals surface area (Å²) < 4.78 is 24.3. The van der Waals surface area contributed by atoms with Crippen LogP contribution in [0.1, 0.15) is 5.56 Å². The minimum Gasteiger partial charge on any atom is -0.489 e. The zero-order valence-electron chi connectivity index (χ0n) is 9.90. The van der Waals surface area contributed by atoms with Gasteiger partial charge >= 0.3 is 0 Å². The van der Waals surface area contributed by atoms with E-state index in [1.807, 2.05) is 12.1 Å². The van der Waals surface area contributed by atoms with Crippen molar-refractivity contribution in [1.29, 1.82) is 0 Å². The number of fused-ring (bicyclic) bond motifs is 1. The first kappa shape index (κ1) is 12.1. The fourth-order valence-electron chi connectivity index (χ4n) is 1.90. The maximum atomic E-state index is 13.5. The number of furan rings is 1. The van der Waals surface area contributed by atoms with Crippen molar-refractivity contribution in [3.8, 4) is 5.75 Å². The molecular formula is C15H10ClFO2. The van der Waals surface area contributed by atoms with Gasteiger partial charge in [-0.1, -0.05) is 29.8 Å². The van der Waals surface area contributed by atoms with E-state index in [2.05, 4.69) is 0 Å². The number of para-hydroxylation sites is 1. The standard InChI is InChI=1S/C15H10ClFO2/c16-11-3-1-4-12(7-11)18-8-10-9-19-15-13(10)5-2-6-14(15)17/h1-7,9H,8H2. The van der Waals surface area contributed by atoms with Gasteiger partial charge in [-0.05, 0) is 24.3 Å². The van der Waals surface area contributed by atoms with Crippen LogP contribution in [-0.4, -0.2) is 0 Å². The van der Waals surface area contributed by atoms with E-state index in [1.54, 1.807) is 24.3 Å². The average Bonchev–Trinajstić information content (AvgIpc) is 2.81. The molecule has 0 N–H and O–H groups in total. The van der Waals surface area contributed by atoms with Crippen LogP contribution in [0.25, 0.3) is 11.0 Å². The molecule has 0 spiro atoms. The number of ether oxygens (including phenoxy) is 1. The van der Waals surface area contributed by atoms with E-state index < -0.39 is 0 Å². The van der Waals surface area contributed by atoms with Crippen LogP contribution in [0.3, 0.4) is 0 Å². The van der Waals surface area contributed by atoms with Crippen LogP contribution in [0.15, 0.2) is 53.1 Å². The van der Waals surface area contributed by atoms with Crippen LogP contribution in [0.2, 0.25) is 5.02 Å². The zero-order valence-corrected chi connectivity index (χ0v) is 10.7. The van der Waals surface area contributed by atoms with Crippen molar-refractivity contribution in [3.05, 3.63) is 65.1 Å². The van der Waals surface area contributed by atoms with E-state index in [1.165, 1.54) is 12.3 Å². The van der Waals surface area contributed by atoms with Gasteiger partial charge in [-0.25, -0.2) is 4.39 Å². The van der Waals surface area contributed by atoms with Crippen LogP contribution < -0.4 is 4.74 Å². The summed E-state index contributed by atoms with van der Waals surface area (Å²) >= 11 is 5.87. The highest BCUT2D eigenvalue weighted by atomic mass is 35.5. The van der Waals surface area contributed by atoms with Crippen molar-refractivity contribution in [2.45, 2.75) is 6.61 Å². The van der Waals surface area contributed by atoms with Crippen LogP contribution >= 0.6 is 11.6 Å². The molecule has 0 atom stereocenters. The van der Waals surface area contributed by atoms with Crippen LogP contribution in [0, 0.1) is 5.82 Å². The summed E-state index contributed by atoms with van der Waals surface area (Å²) in [6.45, 7) is 0.302. The van der Waals surface area contributed by atoms with Crippen molar-refractivity contribution >= 4 is 22.6 Å². The molecule has 0 aliphatic heterocycles. The topological polar surface area (TPSA) is 22.4 Å². The van der Waals surface area contributed by atoms with Crippen molar-refractivity contribution < 1.29 is 13.5 Å². The van der Waals surface area contributed by atoms with Crippen LogP contribution in [0.5, 0.6) is 5.75 Å². The zero-order chi connectivity index (χ0) is 13.2. The molecule has 19 heavy (non-hydrogen) atoms. The Morgan fingerprint density at radius 2 is 2.00 bits per heavy atom. The lowest BCUT2D eigenvalue weighted by Gasteiger charge is -2.05. The van der Waals surface area contributed by atoms with E-state index in [0.29, 0.717) is 17.4 Å². The molecule has 3 rings (SSSR count). The van der Waals surface area contributed by atoms with Gasteiger partial charge in [0.25, 0.3) is 0 Å². The second kappa shape index (κ2) is 4.94. The fraction of sp³-hybridized carbons (Fsp3) is 0.0667. The Labute approximate surface area is 114 Å². The lowest BCUT2D eigenvalue weighted by Crippen LogP contribution is -1.94. The third-order valence-electron chi connectivity index (χ3n) is 2.82. The summed E-state index contributed by atoms with van der Waals surface area (Å²) in [4.78, 5) is 0. The predicted molar refractivity (Wildman–Crippen MR) is 72.0 cm³/mol. The average molecular weight is 277 g/mol. The predicted octanol–water partition coefficient (Wildman–Crippen LogP) is 4.80. The molecule has 2 aromatic carbocycles. The summed E-state index contributed by atoms with van der Waals surface area (Å²) in [6, 6.07) is 11.9. The Kier molecular flexibility index (Phi) is 3.13. The highest BCUT2D eigenvalue weighted by Crippen LogP contribution is 2.25. The van der Waals surface area contributed by atoms with Gasteiger partial charge in [0.15, 0.2) is 11.4 Å². The number of hydrogen-bond acceptors (Lipinski definition) is 2. The molecule has 0 unspecified atom stereocenters. The quantitative estimate of drug-likeness (QED) is 0.685. The molecule has 4 heteroatoms. The van der Waals surface area contributed by atoms with Gasteiger partial charge in [-0.2, -0.15) is 0 Å². The maximum Gasteiger partial charge on any atom is 0.169 e. The molecule has 0 aliphatic rings. The summed E-state index contributed by atoms with van der Waals surface area (Å²) in [6.07, 6.45) is 1.51. The van der Waals surface area contributed by atoms with E-state index in [-0.39, 0.29) is 11.4 Å². The minimum atomic E-state index is -0.369. The smallest absolute Gasteiger partial charge is 0.169 e. The van der Waals surface area contributed by atoms with Crippen LogP contribution in [-0.2, 0) is 6.61 Å². The number of benzene rings is 2. The van der Waals surface area contributed by atoms with Crippen molar-refractivity contribution in [2.24, 2.45) is 0 Å². The number of halogens is 2. The van der Waals surface area contributed by atoms with E-state index in [9.17, 15) is 4.39 Å². The third-order valence-corrected chi connectivity index (χ3v) is 3.06.